The van der Waals surface area contributed by atoms with Crippen LogP contribution in [0.4, 0.5) is 5.69 Å². The third-order valence-corrected chi connectivity index (χ3v) is 17.3. The fourth-order valence-electron chi connectivity index (χ4n) is 11.1. The summed E-state index contributed by atoms with van der Waals surface area (Å²) in [7, 11) is 0. The maximum absolute atomic E-state index is 12.4. The molecule has 2 heterocycles. The number of carbonyl (C=O) groups excluding carboxylic acids is 3. The molecule has 5 aromatic rings. The second-order valence-electron chi connectivity index (χ2n) is 25.6. The molecule has 23 nitrogen and oxygen atoms in total. The second kappa shape index (κ2) is 56.9. The summed E-state index contributed by atoms with van der Waals surface area (Å²) in [5.74, 6) is 57.5. The van der Waals surface area contributed by atoms with Crippen molar-refractivity contribution in [1.29, 1.82) is 0 Å². The lowest BCUT2D eigenvalue weighted by molar-refractivity contribution is -0.384. The Balaban J connectivity index is -0.0000000839. The number of carbonyl (C=O) groups is 3. The monoisotopic (exact) mass is 1630 g/mol. The van der Waals surface area contributed by atoms with Crippen LogP contribution < -0.4 is 15.4 Å². The van der Waals surface area contributed by atoms with Gasteiger partial charge in [0, 0.05) is 101 Å². The maximum atomic E-state index is 12.4. The van der Waals surface area contributed by atoms with Gasteiger partial charge in [-0.3, -0.25) is 19.7 Å². The highest BCUT2D eigenvalue weighted by Gasteiger charge is 2.48. The van der Waals surface area contributed by atoms with Crippen LogP contribution >= 0.6 is 0 Å². The predicted octanol–water partition coefficient (Wildman–Crippen LogP) is 12.2. The quantitative estimate of drug-likeness (QED) is 0.00355. The first-order valence-corrected chi connectivity index (χ1v) is 37.8. The van der Waals surface area contributed by atoms with E-state index in [-0.39, 0.29) is 83.4 Å². The zero-order chi connectivity index (χ0) is 84.6. The van der Waals surface area contributed by atoms with Crippen LogP contribution in [-0.4, -0.2) is 174 Å². The number of rotatable bonds is 33. The number of hydrogen-bond donors (Lipinski definition) is 10. The fraction of sp³-hybridized carbons (Fsp3) is 0.372. The summed E-state index contributed by atoms with van der Waals surface area (Å²) in [6, 6.07) is 43.5. The molecule has 10 N–H and O–H groups in total. The molecule has 23 heteroatoms. The molecule has 2 saturated heterocycles. The first kappa shape index (κ1) is 95.4. The number of amides is 2. The average molecular weight is 1640 g/mol. The van der Waals surface area contributed by atoms with Gasteiger partial charge in [0.2, 0.25) is 11.8 Å². The minimum absolute atomic E-state index is 0. The van der Waals surface area contributed by atoms with E-state index in [4.69, 9.17) is 33.2 Å². The van der Waals surface area contributed by atoms with E-state index >= 15 is 0 Å². The van der Waals surface area contributed by atoms with Crippen LogP contribution in [0.15, 0.2) is 158 Å². The van der Waals surface area contributed by atoms with Gasteiger partial charge in [0.15, 0.2) is 0 Å². The molecule has 4 unspecified atom stereocenters. The van der Waals surface area contributed by atoms with Gasteiger partial charge in [-0.05, 0) is 175 Å². The normalized spacial score (nSPS) is 19.2. The Labute approximate surface area is 720 Å². The topological polar surface area (TPSA) is 345 Å². The van der Waals surface area contributed by atoms with Crippen LogP contribution in [0.25, 0.3) is 0 Å². The van der Waals surface area contributed by atoms with Crippen molar-refractivity contribution < 1.29 is 128 Å². The predicted molar refractivity (Wildman–Crippen MR) is 489 cm³/mol. The summed E-state index contributed by atoms with van der Waals surface area (Å²) < 4.78 is 43.9. The van der Waals surface area contributed by atoms with E-state index < -0.39 is 115 Å². The van der Waals surface area contributed by atoms with Gasteiger partial charge in [-0.15, -0.1) is 0 Å². The van der Waals surface area contributed by atoms with E-state index in [1.807, 2.05) is 127 Å². The zero-order valence-electron chi connectivity index (χ0n) is 65.6. The smallest absolute Gasteiger partial charge is 0.390 e. The molecule has 2 aliphatic heterocycles. The molecule has 117 heavy (non-hydrogen) atoms. The lowest BCUT2D eigenvalue weighted by Crippen LogP contribution is -2.61. The van der Waals surface area contributed by atoms with Crippen molar-refractivity contribution in [3.63, 3.8) is 0 Å². The second-order valence-corrected chi connectivity index (χ2v) is 25.6. The van der Waals surface area contributed by atoms with Crippen LogP contribution in [0.3, 0.4) is 0 Å². The maximum Gasteiger partial charge on any atom is 0.390 e. The zero-order valence-corrected chi connectivity index (χ0v) is 65.6. The molecule has 0 bridgehead atoms. The van der Waals surface area contributed by atoms with Crippen LogP contribution in [-0.2, 0) is 69.2 Å². The number of nitro benzene ring substituents is 1. The SMILES string of the molecule is CC#CC#CC#CC#CC#CC#CC#CC#CC#CC#CC#CC#CC(=O)Oc1ccc([N+](=O)[O-])cc1.CCC(=O)N[C@@H](/C=C/C[C@H]1OC(COCc2ccccc2)[C@H](OCc2ccccc2)[C@@H](OCc2ccccc2)C1OCc1ccccc1)[C@H](O)[C@H](O)CC.CCC(=O)N[C@@H](CCC[C@H]1OC(CO)[C@H](O)[C@H](O)C1O)[C@H](O)[C@H](O)CC.[HH].[HH].[HH].[HH].[HH].[HH].[HH].[HH].[HH].[HH].[HH].[HH].[HH].[HH].[HH].[HH].[HH].[HH].[HH].[HH].[HH].[HH].[HH].[HH]. The minimum Gasteiger partial charge on any atom is -0.417 e. The van der Waals surface area contributed by atoms with E-state index in [1.54, 1.807) is 40.7 Å². The third kappa shape index (κ3) is 37.3. The number of nitrogens with one attached hydrogen (secondary N) is 2. The standard InChI is InChI=1S/C45H55NO8.C32H7NO4.C17H33NO8.24H2/c1-3-38(47)42(49)37(46-41(48)4-2)26-17-27-39-43(51-29-34-20-11-6-12-21-34)45(53-31-36-24-15-8-16-25-36)44(52-30-35-22-13-7-14-23-35)40(54-39)32-50-28-33-18-9-5-10-19-33;1-2-3-4-5-6-7-8-9-10-11-12-13-14-15-16-17-18-19-20-21-22-23-24-25-32(34)37-31-28-26-30(27-29-31)33(35)36;1-3-10(20)14(22)9(18-13(21)4-2)6-5-7-11-15(23)17(25)16(24)12(8-19)26-11;;;;;;;;;;;;;;;;;;;;;;;;/h5-26,37-40,42-45,47,49H,3-4,27-32H2,1-2H3,(H,46,48);26-29H,1H3;9-12,14-17,19-20,22-25H,3-8H2,1-2H3,(H,18,21);24*1H/b26-17+;;;;;;;;;;;;;;;;;;;;;;;;;;/t37-,38+,39+,40?,42-,43?,44-,45-;;9-,10+,11+,12?,14-,15?,16-,17+;;;;;;;;;;;;;;;;;;;;;;;;/m0.0......................../s1. The molecule has 2 aliphatic rings. The lowest BCUT2D eigenvalue weighted by atomic mass is 9.91. The molecule has 2 fully saturated rings. The third-order valence-electron chi connectivity index (χ3n) is 17.3. The average Bonchev–Trinajstić information content (AvgIpc) is 0.784. The fourth-order valence-corrected chi connectivity index (χ4v) is 11.1. The number of nitrogens with zero attached hydrogens (tertiary/aromatic N) is 1. The molecule has 16 atom stereocenters. The molecule has 0 aromatic heterocycles. The molecule has 654 valence electrons. The Morgan fingerprint density at radius 1 is 0.504 bits per heavy atom. The van der Waals surface area contributed by atoms with E-state index in [1.165, 1.54) is 24.3 Å². The molecule has 5 aromatic carbocycles. The molecule has 7 rings (SSSR count). The van der Waals surface area contributed by atoms with Crippen LogP contribution in [0.2, 0.25) is 0 Å². The number of benzene rings is 5. The van der Waals surface area contributed by atoms with Gasteiger partial charge in [0.25, 0.3) is 5.69 Å². The van der Waals surface area contributed by atoms with Crippen molar-refractivity contribution >= 4 is 23.5 Å². The first-order chi connectivity index (χ1) is 56.8. The Hall–Kier alpha value is -12.2. The Morgan fingerprint density at radius 3 is 1.34 bits per heavy atom. The number of non-ortho nitro benzene ring substituents is 1. The van der Waals surface area contributed by atoms with Gasteiger partial charge in [-0.1, -0.05) is 167 Å². The van der Waals surface area contributed by atoms with Crippen LogP contribution in [0, 0.1) is 152 Å². The van der Waals surface area contributed by atoms with Gasteiger partial charge in [-0.25, -0.2) is 4.79 Å². The summed E-state index contributed by atoms with van der Waals surface area (Å²) in [4.78, 5) is 45.6. The van der Waals surface area contributed by atoms with E-state index in [2.05, 4.69) is 153 Å². The summed E-state index contributed by atoms with van der Waals surface area (Å²) in [5.41, 5.74) is 3.95. The number of aliphatic hydroxyl groups excluding tert-OH is 8. The van der Waals surface area contributed by atoms with Gasteiger partial charge < -0.3 is 84.6 Å². The number of aliphatic hydroxyl groups is 8. The highest BCUT2D eigenvalue weighted by Crippen LogP contribution is 2.33. The number of esters is 1. The Bertz CT molecular complexity index is 4880. The number of nitro groups is 1. The largest absolute Gasteiger partial charge is 0.417 e. The molecule has 2 amide bonds. The molecule has 0 radical (unpaired) electrons. The van der Waals surface area contributed by atoms with E-state index in [9.17, 15) is 65.4 Å². The molecule has 0 aliphatic carbocycles. The summed E-state index contributed by atoms with van der Waals surface area (Å²) >= 11 is 0. The van der Waals surface area contributed by atoms with Crippen LogP contribution in [0.1, 0.15) is 142 Å². The van der Waals surface area contributed by atoms with Crippen molar-refractivity contribution in [2.75, 3.05) is 13.2 Å². The van der Waals surface area contributed by atoms with Crippen LogP contribution in [0.5, 0.6) is 5.75 Å². The highest BCUT2D eigenvalue weighted by atomic mass is 16.6. The van der Waals surface area contributed by atoms with Crippen molar-refractivity contribution in [3.8, 4) is 148 Å². The summed E-state index contributed by atoms with van der Waals surface area (Å²) in [6.45, 7) is 9.74. The van der Waals surface area contributed by atoms with Crippen molar-refractivity contribution in [1.82, 2.24) is 10.6 Å². The van der Waals surface area contributed by atoms with Gasteiger partial charge in [0.1, 0.15) is 60.7 Å². The van der Waals surface area contributed by atoms with E-state index in [0.29, 0.717) is 58.5 Å². The lowest BCUT2D eigenvalue weighted by Gasteiger charge is -2.46. The summed E-state index contributed by atoms with van der Waals surface area (Å²) in [5, 5.41) is 96.4. The molecule has 0 saturated carbocycles. The van der Waals surface area contributed by atoms with Gasteiger partial charge in [-0.2, -0.15) is 0 Å². The van der Waals surface area contributed by atoms with Crippen molar-refractivity contribution in [3.05, 3.63) is 190 Å². The number of hydrogen-bond acceptors (Lipinski definition) is 20. The molecule has 0 spiro atoms. The van der Waals surface area contributed by atoms with Crippen molar-refractivity contribution in [2.24, 2.45) is 0 Å². The first-order valence-electron chi connectivity index (χ1n) is 37.8. The number of ether oxygens (including phenoxy) is 7. The Morgan fingerprint density at radius 2 is 0.906 bits per heavy atom. The van der Waals surface area contributed by atoms with Crippen molar-refractivity contribution in [2.45, 2.75) is 210 Å². The van der Waals surface area contributed by atoms with Gasteiger partial charge in [0.05, 0.1) is 87.2 Å². The van der Waals surface area contributed by atoms with E-state index in [0.717, 1.165) is 22.3 Å². The molecular weight excluding hydrogens is 1490 g/mol. The highest BCUT2D eigenvalue weighted by molar-refractivity contribution is 5.90. The summed E-state index contributed by atoms with van der Waals surface area (Å²) in [6.07, 6.45) is -6.75. The van der Waals surface area contributed by atoms with Gasteiger partial charge >= 0.3 is 5.97 Å². The molecular formula is C94H143N3O20. The minimum atomic E-state index is -1.42. The Kier molecular flexibility index (Phi) is 46.4.